The number of rotatable bonds is 9. The van der Waals surface area contributed by atoms with E-state index in [1.165, 1.54) is 25.3 Å². The third kappa shape index (κ3) is 7.95. The summed E-state index contributed by atoms with van der Waals surface area (Å²) in [7, 11) is -6.64. The fourth-order valence-corrected chi connectivity index (χ4v) is 6.49. The van der Waals surface area contributed by atoms with Gasteiger partial charge in [-0.05, 0) is 24.3 Å². The zero-order valence-corrected chi connectivity index (χ0v) is 23.8. The summed E-state index contributed by atoms with van der Waals surface area (Å²) in [5.74, 6) is -1.02. The van der Waals surface area contributed by atoms with Crippen molar-refractivity contribution < 1.29 is 43.9 Å². The molecule has 1 fully saturated rings. The average molecular weight is 627 g/mol. The minimum atomic E-state index is -4.78. The van der Waals surface area contributed by atoms with Gasteiger partial charge in [-0.3, -0.25) is 4.79 Å². The maximum atomic E-state index is 15.6. The van der Waals surface area contributed by atoms with Crippen molar-refractivity contribution >= 4 is 37.4 Å². The minimum absolute atomic E-state index is 0.131. The summed E-state index contributed by atoms with van der Waals surface area (Å²) in [5.41, 5.74) is -2.02. The summed E-state index contributed by atoms with van der Waals surface area (Å²) < 4.78 is 111. The van der Waals surface area contributed by atoms with Gasteiger partial charge in [-0.25, -0.2) is 21.2 Å². The maximum absolute atomic E-state index is 15.6. The van der Waals surface area contributed by atoms with E-state index in [1.807, 2.05) is 5.32 Å². The van der Waals surface area contributed by atoms with Crippen LogP contribution in [0.25, 0.3) is 11.1 Å². The molecule has 0 aromatic heterocycles. The number of alkyl halides is 4. The Morgan fingerprint density at radius 3 is 2.30 bits per heavy atom. The van der Waals surface area contributed by atoms with Gasteiger partial charge >= 0.3 is 6.18 Å². The molecular weight excluding hydrogens is 600 g/mol. The second-order valence-corrected chi connectivity index (χ2v) is 13.5. The van der Waals surface area contributed by atoms with E-state index < -0.39 is 76.0 Å². The second-order valence-electron chi connectivity index (χ2n) is 9.27. The quantitative estimate of drug-likeness (QED) is 0.411. The van der Waals surface area contributed by atoms with Gasteiger partial charge in [-0.2, -0.15) is 17.5 Å². The lowest BCUT2D eigenvalue weighted by molar-refractivity contribution is -0.144. The molecule has 1 amide bonds. The highest BCUT2D eigenvalue weighted by atomic mass is 35.5. The van der Waals surface area contributed by atoms with Gasteiger partial charge in [0.1, 0.15) is 5.75 Å². The highest BCUT2D eigenvalue weighted by molar-refractivity contribution is 7.93. The molecule has 0 spiro atoms. The maximum Gasteiger partial charge on any atom is 0.391 e. The number of ether oxygens (including phenoxy) is 1. The molecule has 220 valence electrons. The summed E-state index contributed by atoms with van der Waals surface area (Å²) in [6, 6.07) is 8.98. The Hall–Kier alpha value is -2.68. The molecule has 0 bridgehead atoms. The monoisotopic (exact) mass is 626 g/mol. The van der Waals surface area contributed by atoms with Crippen molar-refractivity contribution in [2.24, 2.45) is 0 Å². The smallest absolute Gasteiger partial charge is 0.391 e. The van der Waals surface area contributed by atoms with Crippen LogP contribution in [0.1, 0.15) is 19.3 Å². The number of methoxy groups -OCH3 is 1. The molecule has 1 aliphatic rings. The SMILES string of the molecule is COc1ccc(S(=O)(=O)N2CCC(F)(C(=O)NC(C=CS(C)(=O)=O)CC(F)(F)F)CC2)c(-c2ccccc2Cl)c1. The Morgan fingerprint density at radius 2 is 1.75 bits per heavy atom. The molecule has 1 atom stereocenters. The Balaban J connectivity index is 1.83. The molecule has 0 aliphatic carbocycles. The molecule has 2 aromatic carbocycles. The van der Waals surface area contributed by atoms with Crippen LogP contribution in [-0.4, -0.2) is 71.4 Å². The van der Waals surface area contributed by atoms with E-state index in [0.29, 0.717) is 22.8 Å². The zero-order valence-electron chi connectivity index (χ0n) is 21.4. The van der Waals surface area contributed by atoms with Crippen LogP contribution in [0.5, 0.6) is 5.75 Å². The van der Waals surface area contributed by atoms with Crippen LogP contribution in [-0.2, 0) is 24.7 Å². The van der Waals surface area contributed by atoms with E-state index in [0.717, 1.165) is 10.6 Å². The number of carbonyl (C=O) groups excluding carboxylic acids is 1. The molecular formula is C25H27ClF4N2O6S2. The van der Waals surface area contributed by atoms with Gasteiger partial charge in [0.15, 0.2) is 15.5 Å². The van der Waals surface area contributed by atoms with Gasteiger partial charge in [0.05, 0.1) is 24.5 Å². The summed E-state index contributed by atoms with van der Waals surface area (Å²) in [6.45, 7) is -0.882. The molecule has 0 radical (unpaired) electrons. The number of sulfone groups is 1. The van der Waals surface area contributed by atoms with Crippen molar-refractivity contribution in [2.75, 3.05) is 26.5 Å². The number of carbonyl (C=O) groups is 1. The Bertz CT molecular complexity index is 1490. The molecule has 8 nitrogen and oxygen atoms in total. The first-order valence-corrected chi connectivity index (χ1v) is 15.6. The Labute approximate surface area is 234 Å². The number of hydrogen-bond acceptors (Lipinski definition) is 6. The molecule has 1 N–H and O–H groups in total. The van der Waals surface area contributed by atoms with Gasteiger partial charge in [-0.15, -0.1) is 0 Å². The lowest BCUT2D eigenvalue weighted by Gasteiger charge is -2.35. The van der Waals surface area contributed by atoms with Crippen LogP contribution < -0.4 is 10.1 Å². The fourth-order valence-electron chi connectivity index (χ4n) is 4.15. The van der Waals surface area contributed by atoms with E-state index in [9.17, 15) is 34.8 Å². The van der Waals surface area contributed by atoms with Gasteiger partial charge in [0.2, 0.25) is 10.0 Å². The van der Waals surface area contributed by atoms with Gasteiger partial charge in [0.25, 0.3) is 5.91 Å². The Kier molecular flexibility index (Phi) is 9.59. The summed E-state index contributed by atoms with van der Waals surface area (Å²) in [5, 5.41) is 2.69. The van der Waals surface area contributed by atoms with Crippen molar-refractivity contribution in [1.29, 1.82) is 0 Å². The molecule has 15 heteroatoms. The molecule has 1 saturated heterocycles. The first-order chi connectivity index (χ1) is 18.4. The van der Waals surface area contributed by atoms with E-state index in [1.54, 1.807) is 24.3 Å². The first-order valence-electron chi connectivity index (χ1n) is 11.8. The third-order valence-electron chi connectivity index (χ3n) is 6.22. The first kappa shape index (κ1) is 31.8. The predicted molar refractivity (Wildman–Crippen MR) is 142 cm³/mol. The number of benzene rings is 2. The number of piperidine rings is 1. The lowest BCUT2D eigenvalue weighted by atomic mass is 9.93. The van der Waals surface area contributed by atoms with Crippen LogP contribution >= 0.6 is 11.6 Å². The number of nitrogens with zero attached hydrogens (tertiary/aromatic N) is 1. The molecule has 1 aliphatic heterocycles. The van der Waals surface area contributed by atoms with Crippen LogP contribution in [0.3, 0.4) is 0 Å². The summed E-state index contributed by atoms with van der Waals surface area (Å²) in [6.07, 6.45) is -6.29. The highest BCUT2D eigenvalue weighted by Crippen LogP contribution is 2.38. The molecule has 1 heterocycles. The van der Waals surface area contributed by atoms with Crippen molar-refractivity contribution in [1.82, 2.24) is 9.62 Å². The predicted octanol–water partition coefficient (Wildman–Crippen LogP) is 4.50. The van der Waals surface area contributed by atoms with Gasteiger partial charge in [0, 0.05) is 53.7 Å². The third-order valence-corrected chi connectivity index (χ3v) is 9.15. The number of nitrogens with one attached hydrogen (secondary N) is 1. The van der Waals surface area contributed by atoms with Crippen molar-refractivity contribution in [3.05, 3.63) is 59.0 Å². The van der Waals surface area contributed by atoms with Crippen molar-refractivity contribution in [2.45, 2.75) is 42.0 Å². The number of hydrogen-bond donors (Lipinski definition) is 1. The van der Waals surface area contributed by atoms with E-state index in [2.05, 4.69) is 0 Å². The lowest BCUT2D eigenvalue weighted by Crippen LogP contribution is -2.54. The van der Waals surface area contributed by atoms with Crippen molar-refractivity contribution in [3.63, 3.8) is 0 Å². The number of amides is 1. The second kappa shape index (κ2) is 12.0. The Morgan fingerprint density at radius 1 is 1.12 bits per heavy atom. The molecule has 1 unspecified atom stereocenters. The molecule has 3 rings (SSSR count). The number of halogens is 5. The van der Waals surface area contributed by atoms with Crippen LogP contribution in [0, 0.1) is 0 Å². The molecule has 2 aromatic rings. The number of sulfonamides is 1. The topological polar surface area (TPSA) is 110 Å². The van der Waals surface area contributed by atoms with Gasteiger partial charge < -0.3 is 10.1 Å². The summed E-state index contributed by atoms with van der Waals surface area (Å²) >= 11 is 6.31. The average Bonchev–Trinajstić information content (AvgIpc) is 2.86. The van der Waals surface area contributed by atoms with Crippen LogP contribution in [0.2, 0.25) is 5.02 Å². The van der Waals surface area contributed by atoms with Gasteiger partial charge in [-0.1, -0.05) is 35.9 Å². The molecule has 40 heavy (non-hydrogen) atoms. The standard InChI is InChI=1S/C25H27ClF4N2O6S2/c1-38-18-7-8-22(20(15-18)19-5-3-4-6-21(19)26)40(36,37)32-12-10-24(27,11-13-32)23(33)31-17(16-25(28,29)30)9-14-39(2,34)35/h3-9,14-15,17H,10-13,16H2,1-2H3,(H,31,33). The normalized spacial score (nSPS) is 17.5. The van der Waals surface area contributed by atoms with E-state index in [4.69, 9.17) is 16.3 Å². The van der Waals surface area contributed by atoms with E-state index >= 15 is 4.39 Å². The molecule has 0 saturated carbocycles. The largest absolute Gasteiger partial charge is 0.497 e. The minimum Gasteiger partial charge on any atom is -0.497 e. The van der Waals surface area contributed by atoms with Crippen molar-refractivity contribution in [3.8, 4) is 16.9 Å². The fraction of sp³-hybridized carbons (Fsp3) is 0.400. The highest BCUT2D eigenvalue weighted by Gasteiger charge is 2.46. The van der Waals surface area contributed by atoms with Crippen LogP contribution in [0.4, 0.5) is 17.6 Å². The summed E-state index contributed by atoms with van der Waals surface area (Å²) in [4.78, 5) is 12.5. The zero-order chi connectivity index (χ0) is 29.9. The van der Waals surface area contributed by atoms with Crippen LogP contribution in [0.15, 0.2) is 58.8 Å². The van der Waals surface area contributed by atoms with E-state index in [-0.39, 0.29) is 15.5 Å².